The maximum absolute atomic E-state index is 12.1. The van der Waals surface area contributed by atoms with Gasteiger partial charge in [0.25, 0.3) is 0 Å². The van der Waals surface area contributed by atoms with Gasteiger partial charge >= 0.3 is 0 Å². The predicted molar refractivity (Wildman–Crippen MR) is 103 cm³/mol. The number of benzene rings is 2. The van der Waals surface area contributed by atoms with E-state index in [9.17, 15) is 13.2 Å². The topological polar surface area (TPSA) is 88.2 Å². The predicted octanol–water partition coefficient (Wildman–Crippen LogP) is 2.93. The molecule has 0 saturated heterocycles. The number of rotatable bonds is 7. The van der Waals surface area contributed by atoms with Crippen molar-refractivity contribution in [1.82, 2.24) is 15.0 Å². The number of nitrogens with zero attached hydrogens (tertiary/aromatic N) is 1. The molecule has 0 spiro atoms. The quantitative estimate of drug-likeness (QED) is 0.628. The molecule has 0 fully saturated rings. The lowest BCUT2D eigenvalue weighted by atomic mass is 10.3. The lowest BCUT2D eigenvalue weighted by Crippen LogP contribution is -2.30. The number of nitrogens with one attached hydrogen (secondary N) is 2. The zero-order chi connectivity index (χ0) is 18.6. The summed E-state index contributed by atoms with van der Waals surface area (Å²) in [5, 5.41) is 4.01. The second-order valence-electron chi connectivity index (χ2n) is 5.45. The van der Waals surface area contributed by atoms with Gasteiger partial charge in [0.2, 0.25) is 15.9 Å². The maximum Gasteiger partial charge on any atom is 0.240 e. The third-order valence-corrected chi connectivity index (χ3v) is 6.31. The van der Waals surface area contributed by atoms with Gasteiger partial charge in [0, 0.05) is 18.0 Å². The second kappa shape index (κ2) is 8.13. The molecule has 3 aromatic rings. The molecule has 6 nitrogen and oxygen atoms in total. The van der Waals surface area contributed by atoms with Crippen molar-refractivity contribution in [2.75, 3.05) is 6.54 Å². The van der Waals surface area contributed by atoms with E-state index in [0.29, 0.717) is 11.6 Å². The molecule has 3 rings (SSSR count). The average molecular weight is 410 g/mol. The van der Waals surface area contributed by atoms with Gasteiger partial charge in [-0.15, -0.1) is 11.3 Å². The van der Waals surface area contributed by atoms with Crippen LogP contribution in [0, 0.1) is 0 Å². The number of thiazole rings is 1. The minimum absolute atomic E-state index is 0.0106. The van der Waals surface area contributed by atoms with Crippen LogP contribution in [-0.4, -0.2) is 25.9 Å². The average Bonchev–Trinajstić information content (AvgIpc) is 3.03. The SMILES string of the molecule is O=C(CCNS(=O)(=O)c1ccc(Cl)cc1)NCc1nc2ccccc2s1. The molecule has 0 saturated carbocycles. The van der Waals surface area contributed by atoms with Crippen LogP contribution in [-0.2, 0) is 21.4 Å². The van der Waals surface area contributed by atoms with E-state index in [1.807, 2.05) is 24.3 Å². The summed E-state index contributed by atoms with van der Waals surface area (Å²) in [6.45, 7) is 0.332. The number of amides is 1. The fourth-order valence-electron chi connectivity index (χ4n) is 2.25. The molecule has 2 aromatic carbocycles. The second-order valence-corrected chi connectivity index (χ2v) is 8.77. The Morgan fingerprint density at radius 3 is 2.58 bits per heavy atom. The van der Waals surface area contributed by atoms with Gasteiger partial charge in [-0.1, -0.05) is 23.7 Å². The van der Waals surface area contributed by atoms with Crippen molar-refractivity contribution in [3.63, 3.8) is 0 Å². The molecule has 1 amide bonds. The first kappa shape index (κ1) is 18.8. The van der Waals surface area contributed by atoms with E-state index in [0.717, 1.165) is 15.2 Å². The van der Waals surface area contributed by atoms with Crippen molar-refractivity contribution >= 4 is 49.1 Å². The summed E-state index contributed by atoms with van der Waals surface area (Å²) in [4.78, 5) is 16.5. The van der Waals surface area contributed by atoms with E-state index < -0.39 is 10.0 Å². The van der Waals surface area contributed by atoms with Crippen molar-refractivity contribution < 1.29 is 13.2 Å². The van der Waals surface area contributed by atoms with Gasteiger partial charge in [0.1, 0.15) is 5.01 Å². The van der Waals surface area contributed by atoms with Crippen molar-refractivity contribution in [3.05, 3.63) is 58.6 Å². The summed E-state index contributed by atoms with van der Waals surface area (Å²) in [6, 6.07) is 13.6. The maximum atomic E-state index is 12.1. The van der Waals surface area contributed by atoms with Crippen LogP contribution in [0.1, 0.15) is 11.4 Å². The molecule has 1 aromatic heterocycles. The Morgan fingerprint density at radius 2 is 1.85 bits per heavy atom. The number of para-hydroxylation sites is 1. The van der Waals surface area contributed by atoms with Gasteiger partial charge in [0.05, 0.1) is 21.7 Å². The number of hydrogen-bond acceptors (Lipinski definition) is 5. The summed E-state index contributed by atoms with van der Waals surface area (Å²) in [7, 11) is -3.66. The minimum Gasteiger partial charge on any atom is -0.350 e. The molecule has 0 bridgehead atoms. The normalized spacial score (nSPS) is 11.6. The van der Waals surface area contributed by atoms with Gasteiger partial charge < -0.3 is 5.32 Å². The van der Waals surface area contributed by atoms with Gasteiger partial charge in [-0.25, -0.2) is 18.1 Å². The monoisotopic (exact) mass is 409 g/mol. The molecule has 1 heterocycles. The van der Waals surface area contributed by atoms with Crippen LogP contribution in [0.5, 0.6) is 0 Å². The molecule has 9 heteroatoms. The Bertz CT molecular complexity index is 984. The number of halogens is 1. The molecule has 0 aliphatic heterocycles. The van der Waals surface area contributed by atoms with Crippen molar-refractivity contribution in [2.24, 2.45) is 0 Å². The van der Waals surface area contributed by atoms with Crippen LogP contribution in [0.25, 0.3) is 10.2 Å². The Hall–Kier alpha value is -2.00. The molecule has 0 unspecified atom stereocenters. The Kier molecular flexibility index (Phi) is 5.87. The third kappa shape index (κ3) is 4.79. The zero-order valence-corrected chi connectivity index (χ0v) is 16.0. The summed E-state index contributed by atoms with van der Waals surface area (Å²) in [6.07, 6.45) is 0.0394. The van der Waals surface area contributed by atoms with Gasteiger partial charge in [0.15, 0.2) is 0 Å². The van der Waals surface area contributed by atoms with Crippen LogP contribution >= 0.6 is 22.9 Å². The highest BCUT2D eigenvalue weighted by molar-refractivity contribution is 7.89. The highest BCUT2D eigenvalue weighted by Gasteiger charge is 2.14. The standard InChI is InChI=1S/C17H16ClN3O3S2/c18-12-5-7-13(8-6-12)26(23,24)20-10-9-16(22)19-11-17-21-14-3-1-2-4-15(14)25-17/h1-8,20H,9-11H2,(H,19,22). The van der Waals surface area contributed by atoms with E-state index in [-0.39, 0.29) is 23.8 Å². The molecule has 0 atom stereocenters. The number of aromatic nitrogens is 1. The van der Waals surface area contributed by atoms with Crippen molar-refractivity contribution in [3.8, 4) is 0 Å². The van der Waals surface area contributed by atoms with Crippen LogP contribution in [0.15, 0.2) is 53.4 Å². The molecule has 0 radical (unpaired) electrons. The van der Waals surface area contributed by atoms with Gasteiger partial charge in [-0.2, -0.15) is 0 Å². The zero-order valence-electron chi connectivity index (χ0n) is 13.6. The first-order valence-electron chi connectivity index (χ1n) is 7.80. The number of carbonyl (C=O) groups is 1. The van der Waals surface area contributed by atoms with E-state index in [1.54, 1.807) is 0 Å². The highest BCUT2D eigenvalue weighted by atomic mass is 35.5. The van der Waals surface area contributed by atoms with Crippen LogP contribution in [0.4, 0.5) is 0 Å². The Morgan fingerprint density at radius 1 is 1.12 bits per heavy atom. The lowest BCUT2D eigenvalue weighted by molar-refractivity contribution is -0.121. The third-order valence-electron chi connectivity index (χ3n) is 3.54. The molecular formula is C17H16ClN3O3S2. The number of carbonyl (C=O) groups excluding carboxylic acids is 1. The van der Waals surface area contributed by atoms with E-state index in [1.165, 1.54) is 35.6 Å². The fourth-order valence-corrected chi connectivity index (χ4v) is 4.32. The summed E-state index contributed by atoms with van der Waals surface area (Å²) in [5.41, 5.74) is 0.900. The first-order chi connectivity index (χ1) is 12.4. The molecular weight excluding hydrogens is 394 g/mol. The molecule has 0 aliphatic carbocycles. The largest absolute Gasteiger partial charge is 0.350 e. The van der Waals surface area contributed by atoms with E-state index >= 15 is 0 Å². The molecule has 0 aliphatic rings. The number of sulfonamides is 1. The van der Waals surface area contributed by atoms with Gasteiger partial charge in [-0.05, 0) is 36.4 Å². The van der Waals surface area contributed by atoms with E-state index in [2.05, 4.69) is 15.0 Å². The molecule has 136 valence electrons. The number of fused-ring (bicyclic) bond motifs is 1. The number of hydrogen-bond donors (Lipinski definition) is 2. The van der Waals surface area contributed by atoms with Crippen LogP contribution in [0.2, 0.25) is 5.02 Å². The fraction of sp³-hybridized carbons (Fsp3) is 0.176. The summed E-state index contributed by atoms with van der Waals surface area (Å²) in [5.74, 6) is -0.247. The lowest BCUT2D eigenvalue weighted by Gasteiger charge is -2.07. The summed E-state index contributed by atoms with van der Waals surface area (Å²) >= 11 is 7.26. The molecule has 26 heavy (non-hydrogen) atoms. The van der Waals surface area contributed by atoms with Crippen LogP contribution in [0.3, 0.4) is 0 Å². The smallest absolute Gasteiger partial charge is 0.240 e. The molecule has 2 N–H and O–H groups in total. The highest BCUT2D eigenvalue weighted by Crippen LogP contribution is 2.21. The van der Waals surface area contributed by atoms with E-state index in [4.69, 9.17) is 11.6 Å². The van der Waals surface area contributed by atoms with Crippen LogP contribution < -0.4 is 10.0 Å². The Labute approximate surface area is 160 Å². The minimum atomic E-state index is -3.66. The van der Waals surface area contributed by atoms with Gasteiger partial charge in [-0.3, -0.25) is 4.79 Å². The van der Waals surface area contributed by atoms with Crippen molar-refractivity contribution in [1.29, 1.82) is 0 Å². The first-order valence-corrected chi connectivity index (χ1v) is 10.5. The Balaban J connectivity index is 1.47. The summed E-state index contributed by atoms with van der Waals surface area (Å²) < 4.78 is 27.7. The van der Waals surface area contributed by atoms with Crippen molar-refractivity contribution in [2.45, 2.75) is 17.9 Å².